The van der Waals surface area contributed by atoms with Crippen molar-refractivity contribution in [2.45, 2.75) is 6.18 Å². The Bertz CT molecular complexity index is 574. The number of aromatic nitrogens is 1. The normalized spacial score (nSPS) is 12.3. The van der Waals surface area contributed by atoms with Crippen LogP contribution in [0, 0.1) is 0 Å². The molecule has 0 radical (unpaired) electrons. The number of hydrazine groups is 1. The van der Waals surface area contributed by atoms with Crippen molar-refractivity contribution in [1.82, 2.24) is 4.98 Å². The predicted molar refractivity (Wildman–Crippen MR) is 70.0 cm³/mol. The number of anilines is 2. The zero-order valence-corrected chi connectivity index (χ0v) is 11.7. The third kappa shape index (κ3) is 4.85. The molecule has 0 amide bonds. The molecular formula is C10H15F3N4O2S. The molecule has 0 saturated heterocycles. The number of hydrogen-bond donors (Lipinski definition) is 2. The molecule has 1 aromatic rings. The molecule has 0 atom stereocenters. The van der Waals surface area contributed by atoms with Crippen LogP contribution >= 0.6 is 0 Å². The second kappa shape index (κ2) is 5.83. The van der Waals surface area contributed by atoms with Gasteiger partial charge in [0.25, 0.3) is 0 Å². The summed E-state index contributed by atoms with van der Waals surface area (Å²) in [5, 5.41) is 0. The third-order valence-corrected chi connectivity index (χ3v) is 3.40. The summed E-state index contributed by atoms with van der Waals surface area (Å²) in [7, 11) is -1.76. The van der Waals surface area contributed by atoms with E-state index in [2.05, 4.69) is 10.4 Å². The maximum atomic E-state index is 12.7. The van der Waals surface area contributed by atoms with E-state index in [0.29, 0.717) is 0 Å². The van der Waals surface area contributed by atoms with Crippen molar-refractivity contribution in [3.63, 3.8) is 0 Å². The van der Waals surface area contributed by atoms with Crippen molar-refractivity contribution in [1.29, 1.82) is 0 Å². The van der Waals surface area contributed by atoms with Crippen molar-refractivity contribution in [3.8, 4) is 0 Å². The Labute approximate surface area is 114 Å². The number of pyridine rings is 1. The van der Waals surface area contributed by atoms with Gasteiger partial charge in [-0.2, -0.15) is 13.2 Å². The number of sulfone groups is 1. The molecule has 0 spiro atoms. The summed E-state index contributed by atoms with van der Waals surface area (Å²) in [4.78, 5) is 5.18. The molecule has 0 aromatic carbocycles. The molecule has 3 N–H and O–H groups in total. The van der Waals surface area contributed by atoms with Crippen LogP contribution in [-0.4, -0.2) is 39.0 Å². The fourth-order valence-corrected chi connectivity index (χ4v) is 1.97. The molecule has 0 saturated carbocycles. The molecule has 0 fully saturated rings. The number of alkyl halides is 3. The zero-order valence-electron chi connectivity index (χ0n) is 10.9. The van der Waals surface area contributed by atoms with Gasteiger partial charge in [0.2, 0.25) is 0 Å². The standard InChI is InChI=1S/C10H15F3N4O2S/c1-17(3-4-20(2,18)19)9-6-7(10(11,12)13)5-8(15-9)16-14/h5-6H,3-4,14H2,1-2H3,(H,15,16). The van der Waals surface area contributed by atoms with Crippen LogP contribution < -0.4 is 16.2 Å². The molecule has 1 heterocycles. The highest BCUT2D eigenvalue weighted by Gasteiger charge is 2.32. The van der Waals surface area contributed by atoms with Crippen molar-refractivity contribution in [2.75, 3.05) is 35.9 Å². The van der Waals surface area contributed by atoms with E-state index in [0.717, 1.165) is 18.4 Å². The van der Waals surface area contributed by atoms with E-state index in [1.165, 1.54) is 11.9 Å². The minimum Gasteiger partial charge on any atom is -0.359 e. The van der Waals surface area contributed by atoms with Gasteiger partial charge in [-0.25, -0.2) is 19.2 Å². The van der Waals surface area contributed by atoms with E-state index in [-0.39, 0.29) is 23.9 Å². The van der Waals surface area contributed by atoms with Gasteiger partial charge in [-0.1, -0.05) is 0 Å². The fourth-order valence-electron chi connectivity index (χ4n) is 1.37. The van der Waals surface area contributed by atoms with Crippen LogP contribution in [0.1, 0.15) is 5.56 Å². The SMILES string of the molecule is CN(CCS(C)(=O)=O)c1cc(C(F)(F)F)cc(NN)n1. The molecule has 1 rings (SSSR count). The summed E-state index contributed by atoms with van der Waals surface area (Å²) in [6, 6.07) is 1.61. The largest absolute Gasteiger partial charge is 0.416 e. The van der Waals surface area contributed by atoms with Crippen LogP contribution in [0.5, 0.6) is 0 Å². The third-order valence-electron chi connectivity index (χ3n) is 2.48. The number of nitrogens with two attached hydrogens (primary N) is 1. The monoisotopic (exact) mass is 312 g/mol. The Morgan fingerprint density at radius 1 is 1.40 bits per heavy atom. The van der Waals surface area contributed by atoms with Gasteiger partial charge in [0.1, 0.15) is 21.5 Å². The first-order valence-corrected chi connectivity index (χ1v) is 7.54. The topological polar surface area (TPSA) is 88.3 Å². The van der Waals surface area contributed by atoms with Gasteiger partial charge in [-0.15, -0.1) is 0 Å². The summed E-state index contributed by atoms with van der Waals surface area (Å²) in [6.07, 6.45) is -3.49. The Kier molecular flexibility index (Phi) is 4.81. The van der Waals surface area contributed by atoms with E-state index >= 15 is 0 Å². The second-order valence-corrected chi connectivity index (χ2v) is 6.55. The molecule has 114 valence electrons. The van der Waals surface area contributed by atoms with Crippen LogP contribution in [0.2, 0.25) is 0 Å². The van der Waals surface area contributed by atoms with E-state index in [4.69, 9.17) is 5.84 Å². The van der Waals surface area contributed by atoms with Gasteiger partial charge in [-0.05, 0) is 12.1 Å². The molecular weight excluding hydrogens is 297 g/mol. The fraction of sp³-hybridized carbons (Fsp3) is 0.500. The molecule has 10 heteroatoms. The smallest absolute Gasteiger partial charge is 0.359 e. The molecule has 0 bridgehead atoms. The predicted octanol–water partition coefficient (Wildman–Crippen LogP) is 0.867. The molecule has 0 unspecified atom stereocenters. The maximum Gasteiger partial charge on any atom is 0.416 e. The average molecular weight is 312 g/mol. The van der Waals surface area contributed by atoms with Crippen molar-refractivity contribution in [2.24, 2.45) is 5.84 Å². The highest BCUT2D eigenvalue weighted by Crippen LogP contribution is 2.32. The van der Waals surface area contributed by atoms with Crippen molar-refractivity contribution in [3.05, 3.63) is 17.7 Å². The van der Waals surface area contributed by atoms with Gasteiger partial charge < -0.3 is 10.3 Å². The summed E-state index contributed by atoms with van der Waals surface area (Å²) < 4.78 is 60.2. The van der Waals surface area contributed by atoms with E-state index in [1.54, 1.807) is 0 Å². The second-order valence-electron chi connectivity index (χ2n) is 4.29. The Hall–Kier alpha value is -1.55. The van der Waals surface area contributed by atoms with Gasteiger partial charge in [-0.3, -0.25) is 0 Å². The Morgan fingerprint density at radius 3 is 2.45 bits per heavy atom. The summed E-state index contributed by atoms with van der Waals surface area (Å²) in [5.41, 5.74) is 1.14. The molecule has 0 aliphatic rings. The number of nitrogen functional groups attached to an aromatic ring is 1. The van der Waals surface area contributed by atoms with Crippen LogP contribution in [0.15, 0.2) is 12.1 Å². The molecule has 6 nitrogen and oxygen atoms in total. The van der Waals surface area contributed by atoms with Crippen LogP contribution in [-0.2, 0) is 16.0 Å². The first-order chi connectivity index (χ1) is 9.03. The number of nitrogens with zero attached hydrogens (tertiary/aromatic N) is 2. The lowest BCUT2D eigenvalue weighted by atomic mass is 10.2. The highest BCUT2D eigenvalue weighted by molar-refractivity contribution is 7.90. The minimum absolute atomic E-state index is 0.0172. The van der Waals surface area contributed by atoms with Gasteiger partial charge >= 0.3 is 6.18 Å². The summed E-state index contributed by atoms with van der Waals surface area (Å²) >= 11 is 0. The van der Waals surface area contributed by atoms with Gasteiger partial charge in [0.05, 0.1) is 11.3 Å². The lowest BCUT2D eigenvalue weighted by Gasteiger charge is -2.20. The van der Waals surface area contributed by atoms with Gasteiger partial charge in [0, 0.05) is 19.8 Å². The number of rotatable bonds is 5. The summed E-state index contributed by atoms with van der Waals surface area (Å²) in [6.45, 7) is 0.0250. The first-order valence-electron chi connectivity index (χ1n) is 5.47. The van der Waals surface area contributed by atoms with E-state index < -0.39 is 21.6 Å². The average Bonchev–Trinajstić information content (AvgIpc) is 2.33. The van der Waals surface area contributed by atoms with Crippen LogP contribution in [0.25, 0.3) is 0 Å². The van der Waals surface area contributed by atoms with Crippen LogP contribution in [0.3, 0.4) is 0 Å². The Morgan fingerprint density at radius 2 is 2.00 bits per heavy atom. The van der Waals surface area contributed by atoms with Crippen molar-refractivity contribution >= 4 is 21.5 Å². The van der Waals surface area contributed by atoms with Gasteiger partial charge in [0.15, 0.2) is 0 Å². The molecule has 20 heavy (non-hydrogen) atoms. The summed E-state index contributed by atoms with van der Waals surface area (Å²) in [5.74, 6) is 4.72. The quantitative estimate of drug-likeness (QED) is 0.619. The molecule has 1 aromatic heterocycles. The minimum atomic E-state index is -4.54. The van der Waals surface area contributed by atoms with Crippen LogP contribution in [0.4, 0.5) is 24.8 Å². The van der Waals surface area contributed by atoms with E-state index in [9.17, 15) is 21.6 Å². The zero-order chi connectivity index (χ0) is 15.6. The molecule has 0 aliphatic heterocycles. The van der Waals surface area contributed by atoms with E-state index in [1.807, 2.05) is 0 Å². The Balaban J connectivity index is 3.05. The number of nitrogens with one attached hydrogen (secondary N) is 1. The first kappa shape index (κ1) is 16.5. The molecule has 0 aliphatic carbocycles. The van der Waals surface area contributed by atoms with Crippen molar-refractivity contribution < 1.29 is 21.6 Å². The lowest BCUT2D eigenvalue weighted by molar-refractivity contribution is -0.137. The number of hydrogen-bond acceptors (Lipinski definition) is 6. The maximum absolute atomic E-state index is 12.7. The number of halogens is 3. The highest BCUT2D eigenvalue weighted by atomic mass is 32.2. The lowest BCUT2D eigenvalue weighted by Crippen LogP contribution is -2.26.